The molecule has 2 aromatic rings. The Bertz CT molecular complexity index is 538. The highest BCUT2D eigenvalue weighted by atomic mass is 35.5. The summed E-state index contributed by atoms with van der Waals surface area (Å²) in [6.07, 6.45) is 0. The number of halogens is 2. The first-order valence-corrected chi connectivity index (χ1v) is 6.30. The van der Waals surface area contributed by atoms with Gasteiger partial charge in [-0.1, -0.05) is 35.3 Å². The standard InChI is InChI=1S/C14H13Cl2NO/c1-9(17)10-2-5-12(6-3-10)18-14-8-11(15)4-7-13(14)16/h2-9H,17H2,1H3/t9-/m0/s1. The molecule has 0 amide bonds. The van der Waals surface area contributed by atoms with Crippen molar-refractivity contribution in [3.8, 4) is 11.5 Å². The lowest BCUT2D eigenvalue weighted by Crippen LogP contribution is -2.04. The second-order valence-electron chi connectivity index (χ2n) is 4.03. The summed E-state index contributed by atoms with van der Waals surface area (Å²) in [5.74, 6) is 1.24. The average Bonchev–Trinajstić information content (AvgIpc) is 2.34. The molecule has 0 fully saturated rings. The zero-order chi connectivity index (χ0) is 13.1. The molecule has 0 heterocycles. The molecule has 0 spiro atoms. The highest BCUT2D eigenvalue weighted by Gasteiger charge is 2.05. The van der Waals surface area contributed by atoms with Gasteiger partial charge in [0, 0.05) is 17.1 Å². The monoisotopic (exact) mass is 281 g/mol. The van der Waals surface area contributed by atoms with Gasteiger partial charge in [0.15, 0.2) is 0 Å². The van der Waals surface area contributed by atoms with Crippen LogP contribution in [0.1, 0.15) is 18.5 Å². The van der Waals surface area contributed by atoms with Gasteiger partial charge in [-0.3, -0.25) is 0 Å². The molecule has 2 aromatic carbocycles. The van der Waals surface area contributed by atoms with E-state index in [2.05, 4.69) is 0 Å². The Morgan fingerprint density at radius 2 is 1.72 bits per heavy atom. The maximum atomic E-state index is 6.02. The van der Waals surface area contributed by atoms with Crippen molar-refractivity contribution in [3.05, 3.63) is 58.1 Å². The van der Waals surface area contributed by atoms with Gasteiger partial charge >= 0.3 is 0 Å². The van der Waals surface area contributed by atoms with Crippen LogP contribution in [0.4, 0.5) is 0 Å². The van der Waals surface area contributed by atoms with E-state index in [1.165, 1.54) is 0 Å². The third-order valence-electron chi connectivity index (χ3n) is 2.53. The molecule has 94 valence electrons. The minimum atomic E-state index is 0.00816. The van der Waals surface area contributed by atoms with Crippen molar-refractivity contribution in [3.63, 3.8) is 0 Å². The number of rotatable bonds is 3. The fraction of sp³-hybridized carbons (Fsp3) is 0.143. The normalized spacial score (nSPS) is 12.2. The van der Waals surface area contributed by atoms with Gasteiger partial charge < -0.3 is 10.5 Å². The predicted octanol–water partition coefficient (Wildman–Crippen LogP) is 4.81. The van der Waals surface area contributed by atoms with E-state index in [9.17, 15) is 0 Å². The SMILES string of the molecule is C[C@H](N)c1ccc(Oc2cc(Cl)ccc2Cl)cc1. The van der Waals surface area contributed by atoms with Gasteiger partial charge in [-0.2, -0.15) is 0 Å². The van der Waals surface area contributed by atoms with Gasteiger partial charge in [-0.05, 0) is 36.8 Å². The molecular weight excluding hydrogens is 269 g/mol. The Hall–Kier alpha value is -1.22. The van der Waals surface area contributed by atoms with Crippen molar-refractivity contribution in [2.24, 2.45) is 5.73 Å². The van der Waals surface area contributed by atoms with Crippen LogP contribution in [0.25, 0.3) is 0 Å². The molecule has 2 nitrogen and oxygen atoms in total. The molecule has 0 bridgehead atoms. The number of hydrogen-bond acceptors (Lipinski definition) is 2. The summed E-state index contributed by atoms with van der Waals surface area (Å²) in [5, 5.41) is 1.11. The summed E-state index contributed by atoms with van der Waals surface area (Å²) in [5.41, 5.74) is 6.84. The molecule has 4 heteroatoms. The van der Waals surface area contributed by atoms with Gasteiger partial charge in [0.2, 0.25) is 0 Å². The van der Waals surface area contributed by atoms with E-state index in [4.69, 9.17) is 33.7 Å². The van der Waals surface area contributed by atoms with Crippen molar-refractivity contribution in [2.45, 2.75) is 13.0 Å². The molecule has 0 aliphatic rings. The summed E-state index contributed by atoms with van der Waals surface area (Å²) in [7, 11) is 0. The molecule has 0 aliphatic heterocycles. The average molecular weight is 282 g/mol. The van der Waals surface area contributed by atoms with Gasteiger partial charge in [0.25, 0.3) is 0 Å². The van der Waals surface area contributed by atoms with E-state index in [-0.39, 0.29) is 6.04 Å². The quantitative estimate of drug-likeness (QED) is 0.877. The van der Waals surface area contributed by atoms with E-state index in [0.29, 0.717) is 21.5 Å². The van der Waals surface area contributed by atoms with E-state index in [0.717, 1.165) is 5.56 Å². The molecular formula is C14H13Cl2NO. The van der Waals surface area contributed by atoms with Crippen LogP contribution in [0.15, 0.2) is 42.5 Å². The summed E-state index contributed by atoms with van der Waals surface area (Å²) in [6, 6.07) is 12.7. The lowest BCUT2D eigenvalue weighted by Gasteiger charge is -2.10. The lowest BCUT2D eigenvalue weighted by atomic mass is 10.1. The summed E-state index contributed by atoms with van der Waals surface area (Å²) in [6.45, 7) is 1.93. The highest BCUT2D eigenvalue weighted by Crippen LogP contribution is 2.32. The van der Waals surface area contributed by atoms with Gasteiger partial charge in [0.05, 0.1) is 5.02 Å². The van der Waals surface area contributed by atoms with Crippen LogP contribution in [-0.4, -0.2) is 0 Å². The predicted molar refractivity (Wildman–Crippen MR) is 75.6 cm³/mol. The van der Waals surface area contributed by atoms with Crippen LogP contribution < -0.4 is 10.5 Å². The maximum Gasteiger partial charge on any atom is 0.147 e. The summed E-state index contributed by atoms with van der Waals surface area (Å²) in [4.78, 5) is 0. The topological polar surface area (TPSA) is 35.2 Å². The number of ether oxygens (including phenoxy) is 1. The molecule has 2 N–H and O–H groups in total. The first kappa shape index (κ1) is 13.2. The van der Waals surface area contributed by atoms with E-state index in [1.54, 1.807) is 18.2 Å². The second-order valence-corrected chi connectivity index (χ2v) is 4.88. The Labute approximate surface area is 116 Å². The van der Waals surface area contributed by atoms with Crippen molar-refractivity contribution in [2.75, 3.05) is 0 Å². The number of hydrogen-bond donors (Lipinski definition) is 1. The Kier molecular flexibility index (Phi) is 4.12. The van der Waals surface area contributed by atoms with Crippen LogP contribution in [-0.2, 0) is 0 Å². The van der Waals surface area contributed by atoms with Crippen LogP contribution >= 0.6 is 23.2 Å². The third-order valence-corrected chi connectivity index (χ3v) is 3.07. The maximum absolute atomic E-state index is 6.02. The van der Waals surface area contributed by atoms with E-state index < -0.39 is 0 Å². The van der Waals surface area contributed by atoms with Crippen LogP contribution in [0.5, 0.6) is 11.5 Å². The van der Waals surface area contributed by atoms with Crippen LogP contribution in [0.2, 0.25) is 10.0 Å². The van der Waals surface area contributed by atoms with Crippen molar-refractivity contribution in [1.82, 2.24) is 0 Å². The molecule has 2 rings (SSSR count). The van der Waals surface area contributed by atoms with Crippen LogP contribution in [0, 0.1) is 0 Å². The Balaban J connectivity index is 2.21. The minimum Gasteiger partial charge on any atom is -0.456 e. The molecule has 0 aliphatic carbocycles. The molecule has 0 unspecified atom stereocenters. The van der Waals surface area contributed by atoms with Crippen molar-refractivity contribution < 1.29 is 4.74 Å². The third kappa shape index (κ3) is 3.16. The fourth-order valence-electron chi connectivity index (χ4n) is 1.52. The van der Waals surface area contributed by atoms with Crippen molar-refractivity contribution in [1.29, 1.82) is 0 Å². The first-order chi connectivity index (χ1) is 8.56. The molecule has 0 saturated carbocycles. The summed E-state index contributed by atoms with van der Waals surface area (Å²) < 4.78 is 5.67. The van der Waals surface area contributed by atoms with Gasteiger partial charge in [-0.15, -0.1) is 0 Å². The number of nitrogens with two attached hydrogens (primary N) is 1. The minimum absolute atomic E-state index is 0.00816. The summed E-state index contributed by atoms with van der Waals surface area (Å²) >= 11 is 11.9. The fourth-order valence-corrected chi connectivity index (χ4v) is 1.84. The van der Waals surface area contributed by atoms with Gasteiger partial charge in [-0.25, -0.2) is 0 Å². The molecule has 18 heavy (non-hydrogen) atoms. The van der Waals surface area contributed by atoms with Gasteiger partial charge in [0.1, 0.15) is 11.5 Å². The second kappa shape index (κ2) is 5.61. The lowest BCUT2D eigenvalue weighted by molar-refractivity contribution is 0.482. The highest BCUT2D eigenvalue weighted by molar-refractivity contribution is 6.34. The molecule has 0 radical (unpaired) electrons. The first-order valence-electron chi connectivity index (χ1n) is 5.54. The van der Waals surface area contributed by atoms with E-state index >= 15 is 0 Å². The van der Waals surface area contributed by atoms with Crippen molar-refractivity contribution >= 4 is 23.2 Å². The Morgan fingerprint density at radius 1 is 1.06 bits per heavy atom. The molecule has 0 saturated heterocycles. The largest absolute Gasteiger partial charge is 0.456 e. The molecule has 0 aromatic heterocycles. The van der Waals surface area contributed by atoms with Crippen LogP contribution in [0.3, 0.4) is 0 Å². The zero-order valence-corrected chi connectivity index (χ0v) is 11.4. The Morgan fingerprint density at radius 3 is 2.33 bits per heavy atom. The smallest absolute Gasteiger partial charge is 0.147 e. The van der Waals surface area contributed by atoms with E-state index in [1.807, 2.05) is 31.2 Å². The molecule has 1 atom stereocenters. The zero-order valence-electron chi connectivity index (χ0n) is 9.86. The number of benzene rings is 2.